The number of rotatable bonds is 5. The highest BCUT2D eigenvalue weighted by molar-refractivity contribution is 5.67. The first-order chi connectivity index (χ1) is 15.9. The molecule has 33 heavy (non-hydrogen) atoms. The van der Waals surface area contributed by atoms with Gasteiger partial charge in [0.1, 0.15) is 12.2 Å². The van der Waals surface area contributed by atoms with Crippen molar-refractivity contribution in [2.75, 3.05) is 7.11 Å². The lowest BCUT2D eigenvalue weighted by molar-refractivity contribution is 0.410. The van der Waals surface area contributed by atoms with Gasteiger partial charge in [-0.1, -0.05) is 0 Å². The van der Waals surface area contributed by atoms with E-state index in [9.17, 15) is 13.2 Å². The van der Waals surface area contributed by atoms with E-state index in [1.54, 1.807) is 41.0 Å². The maximum absolute atomic E-state index is 13.7. The molecular formula is C23H19F3N6O. The molecule has 0 spiro atoms. The number of imidazole rings is 1. The maximum Gasteiger partial charge on any atom is 0.194 e. The van der Waals surface area contributed by atoms with Gasteiger partial charge in [-0.3, -0.25) is 4.57 Å². The van der Waals surface area contributed by atoms with Crippen LogP contribution in [0.4, 0.5) is 13.2 Å². The van der Waals surface area contributed by atoms with E-state index in [-0.39, 0.29) is 5.92 Å². The SMILES string of the molecule is COc1cc(/C=C/c2nc3n(n2)CC[C@@H]3c2cc(F)c(F)c(F)c2)cnc1-n1cnc(C)c1. The van der Waals surface area contributed by atoms with Crippen molar-refractivity contribution in [2.24, 2.45) is 0 Å². The predicted molar refractivity (Wildman–Crippen MR) is 114 cm³/mol. The standard InChI is InChI=1S/C23H19F3N6O/c1-13-11-31(12-28-13)23-19(33-2)7-14(10-27-23)3-4-20-29-22-16(5-6-32(22)30-20)15-8-17(24)21(26)18(25)9-15/h3-4,7-12,16H,5-6H2,1-2H3/b4-3+/t16-/m1/s1. The van der Waals surface area contributed by atoms with Crippen molar-refractivity contribution in [3.63, 3.8) is 0 Å². The number of hydrogen-bond donors (Lipinski definition) is 0. The predicted octanol–water partition coefficient (Wildman–Crippen LogP) is 4.30. The fourth-order valence-electron chi connectivity index (χ4n) is 3.93. The van der Waals surface area contributed by atoms with Crippen LogP contribution in [-0.4, -0.2) is 36.4 Å². The van der Waals surface area contributed by atoms with Crippen molar-refractivity contribution >= 4 is 12.2 Å². The van der Waals surface area contributed by atoms with Gasteiger partial charge in [-0.05, 0) is 54.8 Å². The highest BCUT2D eigenvalue weighted by atomic mass is 19.2. The number of pyridine rings is 1. The van der Waals surface area contributed by atoms with Crippen LogP contribution in [0.15, 0.2) is 36.9 Å². The Morgan fingerprint density at radius 1 is 1.09 bits per heavy atom. The Kier molecular flexibility index (Phi) is 5.20. The second kappa shape index (κ2) is 8.19. The third-order valence-corrected chi connectivity index (χ3v) is 5.52. The molecule has 4 heterocycles. The maximum atomic E-state index is 13.7. The summed E-state index contributed by atoms with van der Waals surface area (Å²) in [5, 5.41) is 4.45. The molecule has 0 saturated carbocycles. The molecule has 0 bridgehead atoms. The monoisotopic (exact) mass is 452 g/mol. The average Bonchev–Trinajstić information content (AvgIpc) is 3.51. The van der Waals surface area contributed by atoms with Gasteiger partial charge in [-0.25, -0.2) is 32.8 Å². The molecule has 0 radical (unpaired) electrons. The number of methoxy groups -OCH3 is 1. The number of halogens is 3. The minimum atomic E-state index is -1.47. The van der Waals surface area contributed by atoms with Gasteiger partial charge in [0.15, 0.2) is 34.8 Å². The minimum Gasteiger partial charge on any atom is -0.493 e. The second-order valence-electron chi connectivity index (χ2n) is 7.74. The molecule has 1 aliphatic rings. The van der Waals surface area contributed by atoms with Crippen LogP contribution in [0.2, 0.25) is 0 Å². The van der Waals surface area contributed by atoms with Gasteiger partial charge in [0.05, 0.1) is 12.8 Å². The van der Waals surface area contributed by atoms with Crippen LogP contribution in [0.1, 0.15) is 40.8 Å². The highest BCUT2D eigenvalue weighted by Gasteiger charge is 2.29. The molecule has 168 valence electrons. The molecule has 4 aromatic rings. The molecule has 0 aliphatic carbocycles. The molecule has 10 heteroatoms. The smallest absolute Gasteiger partial charge is 0.194 e. The molecule has 7 nitrogen and oxygen atoms in total. The second-order valence-corrected chi connectivity index (χ2v) is 7.74. The minimum absolute atomic E-state index is 0.340. The quantitative estimate of drug-likeness (QED) is 0.423. The third kappa shape index (κ3) is 3.88. The molecule has 0 saturated heterocycles. The summed E-state index contributed by atoms with van der Waals surface area (Å²) in [5.74, 6) is -2.01. The van der Waals surface area contributed by atoms with E-state index in [1.165, 1.54) is 0 Å². The summed E-state index contributed by atoms with van der Waals surface area (Å²) in [6, 6.07) is 3.87. The molecule has 1 aromatic carbocycles. The van der Waals surface area contributed by atoms with Crippen LogP contribution in [0, 0.1) is 24.4 Å². The van der Waals surface area contributed by atoms with E-state index in [4.69, 9.17) is 4.74 Å². The lowest BCUT2D eigenvalue weighted by atomic mass is 9.97. The van der Waals surface area contributed by atoms with E-state index in [2.05, 4.69) is 20.1 Å². The van der Waals surface area contributed by atoms with Crippen LogP contribution in [0.3, 0.4) is 0 Å². The largest absolute Gasteiger partial charge is 0.493 e. The van der Waals surface area contributed by atoms with Crippen molar-refractivity contribution in [1.29, 1.82) is 0 Å². The molecule has 3 aromatic heterocycles. The summed E-state index contributed by atoms with van der Waals surface area (Å²) in [6.07, 6.45) is 9.33. The lowest BCUT2D eigenvalue weighted by Gasteiger charge is -2.09. The third-order valence-electron chi connectivity index (χ3n) is 5.52. The van der Waals surface area contributed by atoms with Gasteiger partial charge in [-0.2, -0.15) is 5.10 Å². The van der Waals surface area contributed by atoms with Gasteiger partial charge in [0.2, 0.25) is 0 Å². The summed E-state index contributed by atoms with van der Waals surface area (Å²) in [5.41, 5.74) is 1.99. The zero-order chi connectivity index (χ0) is 23.1. The van der Waals surface area contributed by atoms with Crippen molar-refractivity contribution < 1.29 is 17.9 Å². The summed E-state index contributed by atoms with van der Waals surface area (Å²) >= 11 is 0. The first-order valence-corrected chi connectivity index (χ1v) is 10.2. The Balaban J connectivity index is 1.39. The fraction of sp³-hybridized carbons (Fsp3) is 0.217. The van der Waals surface area contributed by atoms with Crippen molar-refractivity contribution in [2.45, 2.75) is 25.8 Å². The Morgan fingerprint density at radius 3 is 2.58 bits per heavy atom. The van der Waals surface area contributed by atoms with E-state index in [1.807, 2.05) is 19.2 Å². The molecule has 5 rings (SSSR count). The molecule has 0 unspecified atom stereocenters. The van der Waals surface area contributed by atoms with E-state index < -0.39 is 17.5 Å². The summed E-state index contributed by atoms with van der Waals surface area (Å²) in [7, 11) is 1.57. The first kappa shape index (κ1) is 20.9. The Bertz CT molecular complexity index is 1350. The molecule has 0 fully saturated rings. The highest BCUT2D eigenvalue weighted by Crippen LogP contribution is 2.34. The summed E-state index contributed by atoms with van der Waals surface area (Å²) in [4.78, 5) is 13.2. The van der Waals surface area contributed by atoms with Crippen LogP contribution >= 0.6 is 0 Å². The zero-order valence-corrected chi connectivity index (χ0v) is 17.8. The Labute approximate surface area is 187 Å². The number of aromatic nitrogens is 6. The van der Waals surface area contributed by atoms with E-state index >= 15 is 0 Å². The van der Waals surface area contributed by atoms with E-state index in [0.717, 1.165) is 23.4 Å². The fourth-order valence-corrected chi connectivity index (χ4v) is 3.93. The van der Waals surface area contributed by atoms with E-state index in [0.29, 0.717) is 41.7 Å². The Hall–Kier alpha value is -3.95. The molecular weight excluding hydrogens is 433 g/mol. The zero-order valence-electron chi connectivity index (χ0n) is 17.8. The van der Waals surface area contributed by atoms with Gasteiger partial charge < -0.3 is 4.74 Å². The molecule has 1 atom stereocenters. The van der Waals surface area contributed by atoms with Crippen LogP contribution in [-0.2, 0) is 6.54 Å². The number of fused-ring (bicyclic) bond motifs is 1. The number of nitrogens with zero attached hydrogens (tertiary/aromatic N) is 6. The average molecular weight is 452 g/mol. The van der Waals surface area contributed by atoms with Crippen molar-refractivity contribution in [3.05, 3.63) is 82.8 Å². The topological polar surface area (TPSA) is 70.7 Å². The van der Waals surface area contributed by atoms with Crippen LogP contribution in [0.25, 0.3) is 18.0 Å². The van der Waals surface area contributed by atoms with Crippen LogP contribution < -0.4 is 4.74 Å². The molecule has 1 aliphatic heterocycles. The summed E-state index contributed by atoms with van der Waals surface area (Å²) in [6.45, 7) is 2.44. The van der Waals surface area contributed by atoms with Gasteiger partial charge >= 0.3 is 0 Å². The van der Waals surface area contributed by atoms with Crippen molar-refractivity contribution in [3.8, 4) is 11.6 Å². The molecule has 0 N–H and O–H groups in total. The number of hydrogen-bond acceptors (Lipinski definition) is 5. The number of ether oxygens (including phenoxy) is 1. The van der Waals surface area contributed by atoms with Crippen molar-refractivity contribution in [1.82, 2.24) is 29.3 Å². The normalized spacial score (nSPS) is 15.4. The van der Waals surface area contributed by atoms with Gasteiger partial charge in [0, 0.05) is 24.9 Å². The van der Waals surface area contributed by atoms with Gasteiger partial charge in [0.25, 0.3) is 0 Å². The Morgan fingerprint density at radius 2 is 1.88 bits per heavy atom. The molecule has 0 amide bonds. The lowest BCUT2D eigenvalue weighted by Crippen LogP contribution is -2.02. The van der Waals surface area contributed by atoms with Gasteiger partial charge in [-0.15, -0.1) is 0 Å². The first-order valence-electron chi connectivity index (χ1n) is 10.2. The number of benzene rings is 1. The van der Waals surface area contributed by atoms with Crippen LogP contribution in [0.5, 0.6) is 5.75 Å². The summed E-state index contributed by atoms with van der Waals surface area (Å²) < 4.78 is 49.7. The number of aryl methyl sites for hydroxylation is 2.